The van der Waals surface area contributed by atoms with Crippen molar-refractivity contribution in [1.29, 1.82) is 0 Å². The first-order chi connectivity index (χ1) is 8.49. The molecule has 0 fully saturated rings. The summed E-state index contributed by atoms with van der Waals surface area (Å²) in [7, 11) is 6.45. The van der Waals surface area contributed by atoms with E-state index >= 15 is 0 Å². The molecule has 0 saturated carbocycles. The van der Waals surface area contributed by atoms with Crippen molar-refractivity contribution in [2.45, 2.75) is 6.42 Å². The second-order valence-electron chi connectivity index (χ2n) is 4.21. The molecule has 0 N–H and O–H groups in total. The van der Waals surface area contributed by atoms with E-state index < -0.39 is 0 Å². The zero-order valence-electron chi connectivity index (χ0n) is 10.9. The van der Waals surface area contributed by atoms with Gasteiger partial charge in [-0.05, 0) is 0 Å². The largest absolute Gasteiger partial charge is 0.384 e. The highest BCUT2D eigenvalue weighted by Gasteiger charge is 2.16. The predicted octanol–water partition coefficient (Wildman–Crippen LogP) is -0.840. The summed E-state index contributed by atoms with van der Waals surface area (Å²) in [4.78, 5) is 28.2. The minimum atomic E-state index is -0.371. The normalized spacial score (nSPS) is 11.3. The average Bonchev–Trinajstić information content (AvgIpc) is 2.69. The van der Waals surface area contributed by atoms with E-state index in [0.29, 0.717) is 24.2 Å². The van der Waals surface area contributed by atoms with E-state index in [4.69, 9.17) is 4.74 Å². The highest BCUT2D eigenvalue weighted by Crippen LogP contribution is 2.09. The lowest BCUT2D eigenvalue weighted by atomic mass is 10.4. The minimum absolute atomic E-state index is 0.327. The van der Waals surface area contributed by atoms with Crippen molar-refractivity contribution in [2.24, 2.45) is 21.1 Å². The molecule has 0 aliphatic carbocycles. The summed E-state index contributed by atoms with van der Waals surface area (Å²) >= 11 is 0. The van der Waals surface area contributed by atoms with Gasteiger partial charge in [0, 0.05) is 34.7 Å². The summed E-state index contributed by atoms with van der Waals surface area (Å²) in [6.45, 7) is 0.519. The topological polar surface area (TPSA) is 71.1 Å². The van der Waals surface area contributed by atoms with E-state index in [2.05, 4.69) is 4.98 Å². The van der Waals surface area contributed by atoms with Crippen LogP contribution in [0.1, 0.15) is 5.82 Å². The van der Waals surface area contributed by atoms with Crippen LogP contribution in [0.3, 0.4) is 0 Å². The maximum atomic E-state index is 12.1. The molecule has 0 radical (unpaired) electrons. The van der Waals surface area contributed by atoms with Crippen molar-refractivity contribution in [3.63, 3.8) is 0 Å². The molecule has 98 valence electrons. The lowest BCUT2D eigenvalue weighted by Gasteiger charge is -2.03. The monoisotopic (exact) mass is 252 g/mol. The smallest absolute Gasteiger partial charge is 0.332 e. The second-order valence-corrected chi connectivity index (χ2v) is 4.21. The number of nitrogens with zero attached hydrogens (tertiary/aromatic N) is 4. The van der Waals surface area contributed by atoms with Crippen molar-refractivity contribution in [3.8, 4) is 0 Å². The van der Waals surface area contributed by atoms with E-state index in [1.54, 1.807) is 25.8 Å². The molecule has 0 aliphatic heterocycles. The first-order valence-electron chi connectivity index (χ1n) is 5.59. The van der Waals surface area contributed by atoms with Crippen LogP contribution in [-0.2, 0) is 32.3 Å². The van der Waals surface area contributed by atoms with Gasteiger partial charge in [-0.15, -0.1) is 0 Å². The molecule has 0 saturated heterocycles. The third kappa shape index (κ3) is 1.67. The van der Waals surface area contributed by atoms with E-state index in [9.17, 15) is 9.59 Å². The Hall–Kier alpha value is -1.89. The number of hydrogen-bond donors (Lipinski definition) is 0. The molecule has 0 atom stereocenters. The molecule has 2 aromatic rings. The molecular weight excluding hydrogens is 236 g/mol. The highest BCUT2D eigenvalue weighted by atomic mass is 16.5. The molecule has 0 aromatic carbocycles. The van der Waals surface area contributed by atoms with Crippen LogP contribution < -0.4 is 11.2 Å². The number of rotatable bonds is 3. The molecule has 18 heavy (non-hydrogen) atoms. The first-order valence-corrected chi connectivity index (χ1v) is 5.59. The molecule has 7 nitrogen and oxygen atoms in total. The maximum Gasteiger partial charge on any atom is 0.332 e. The minimum Gasteiger partial charge on any atom is -0.384 e. The Morgan fingerprint density at radius 1 is 1.11 bits per heavy atom. The number of ether oxygens (including phenoxy) is 1. The molecule has 2 aromatic heterocycles. The predicted molar refractivity (Wildman–Crippen MR) is 66.8 cm³/mol. The molecule has 7 heteroatoms. The van der Waals surface area contributed by atoms with Gasteiger partial charge in [-0.25, -0.2) is 9.78 Å². The molecule has 0 spiro atoms. The van der Waals surface area contributed by atoms with Crippen LogP contribution in [-0.4, -0.2) is 32.4 Å². The van der Waals surface area contributed by atoms with Crippen molar-refractivity contribution in [3.05, 3.63) is 26.7 Å². The van der Waals surface area contributed by atoms with Gasteiger partial charge in [0.1, 0.15) is 5.82 Å². The average molecular weight is 252 g/mol. The Bertz CT molecular complexity index is 708. The fourth-order valence-corrected chi connectivity index (χ4v) is 1.98. The van der Waals surface area contributed by atoms with Gasteiger partial charge >= 0.3 is 5.69 Å². The quantitative estimate of drug-likeness (QED) is 0.714. The van der Waals surface area contributed by atoms with Crippen molar-refractivity contribution in [1.82, 2.24) is 18.7 Å². The van der Waals surface area contributed by atoms with Crippen molar-refractivity contribution < 1.29 is 4.74 Å². The van der Waals surface area contributed by atoms with Gasteiger partial charge in [-0.1, -0.05) is 0 Å². The summed E-state index contributed by atoms with van der Waals surface area (Å²) in [6.07, 6.45) is 0.596. The molecule has 2 heterocycles. The van der Waals surface area contributed by atoms with Gasteiger partial charge in [-0.2, -0.15) is 0 Å². The number of imidazole rings is 1. The molecule has 0 amide bonds. The summed E-state index contributed by atoms with van der Waals surface area (Å²) in [5.74, 6) is 0.727. The second kappa shape index (κ2) is 4.41. The fourth-order valence-electron chi connectivity index (χ4n) is 1.98. The fraction of sp³-hybridized carbons (Fsp3) is 0.545. The van der Waals surface area contributed by atoms with Gasteiger partial charge in [-0.3, -0.25) is 13.9 Å². The number of fused-ring (bicyclic) bond motifs is 1. The summed E-state index contributed by atoms with van der Waals surface area (Å²) in [6, 6.07) is 0. The first kappa shape index (κ1) is 12.6. The molecular formula is C11H16N4O3. The standard InChI is InChI=1S/C11H16N4O3/c1-13-7(5-6-18-4)12-9-8(13)10(16)15(3)11(17)14(9)2/h5-6H2,1-4H3. The summed E-state index contributed by atoms with van der Waals surface area (Å²) < 4.78 is 9.19. The zero-order chi connectivity index (χ0) is 13.4. The van der Waals surface area contributed by atoms with Crippen LogP contribution in [0.15, 0.2) is 9.59 Å². The third-order valence-electron chi connectivity index (χ3n) is 3.10. The number of aromatic nitrogens is 4. The van der Waals surface area contributed by atoms with Crippen LogP contribution in [0.5, 0.6) is 0 Å². The zero-order valence-corrected chi connectivity index (χ0v) is 10.9. The lowest BCUT2D eigenvalue weighted by molar-refractivity contribution is 0.200. The number of methoxy groups -OCH3 is 1. The highest BCUT2D eigenvalue weighted by molar-refractivity contribution is 5.70. The van der Waals surface area contributed by atoms with E-state index in [1.807, 2.05) is 0 Å². The third-order valence-corrected chi connectivity index (χ3v) is 3.10. The van der Waals surface area contributed by atoms with Crippen LogP contribution in [0.2, 0.25) is 0 Å². The maximum absolute atomic E-state index is 12.1. The Kier molecular flexibility index (Phi) is 3.08. The van der Waals surface area contributed by atoms with Crippen LogP contribution in [0, 0.1) is 0 Å². The Balaban J connectivity index is 2.80. The van der Waals surface area contributed by atoms with Crippen molar-refractivity contribution in [2.75, 3.05) is 13.7 Å². The van der Waals surface area contributed by atoms with Gasteiger partial charge in [0.15, 0.2) is 11.2 Å². The van der Waals surface area contributed by atoms with Gasteiger partial charge in [0.25, 0.3) is 5.56 Å². The van der Waals surface area contributed by atoms with E-state index in [0.717, 1.165) is 10.4 Å². The molecule has 0 aliphatic rings. The van der Waals surface area contributed by atoms with Crippen LogP contribution >= 0.6 is 0 Å². The SMILES string of the molecule is COCCc1nc2c(c(=O)n(C)c(=O)n2C)n1C. The Morgan fingerprint density at radius 3 is 2.39 bits per heavy atom. The Morgan fingerprint density at radius 2 is 1.78 bits per heavy atom. The molecule has 0 unspecified atom stereocenters. The number of aryl methyl sites for hydroxylation is 2. The van der Waals surface area contributed by atoms with Gasteiger partial charge in [0.2, 0.25) is 0 Å². The number of hydrogen-bond acceptors (Lipinski definition) is 4. The van der Waals surface area contributed by atoms with Crippen LogP contribution in [0.25, 0.3) is 11.2 Å². The summed E-state index contributed by atoms with van der Waals surface area (Å²) in [5.41, 5.74) is 0.151. The molecule has 0 bridgehead atoms. The van der Waals surface area contributed by atoms with Crippen molar-refractivity contribution >= 4 is 11.2 Å². The lowest BCUT2D eigenvalue weighted by Crippen LogP contribution is -2.37. The van der Waals surface area contributed by atoms with Gasteiger partial charge in [0.05, 0.1) is 6.61 Å². The van der Waals surface area contributed by atoms with Gasteiger partial charge < -0.3 is 9.30 Å². The van der Waals surface area contributed by atoms with E-state index in [1.165, 1.54) is 11.6 Å². The molecule has 2 rings (SSSR count). The Labute approximate surface area is 103 Å². The summed E-state index contributed by atoms with van der Waals surface area (Å²) in [5, 5.41) is 0. The van der Waals surface area contributed by atoms with E-state index in [-0.39, 0.29) is 11.2 Å². The van der Waals surface area contributed by atoms with Crippen LogP contribution in [0.4, 0.5) is 0 Å².